The maximum absolute atomic E-state index is 11.9. The molecule has 2 heteroatoms. The highest BCUT2D eigenvalue weighted by molar-refractivity contribution is 5.98. The molecular weight excluding hydrogens is 234 g/mol. The Hall–Kier alpha value is -1.05. The molecule has 0 aliphatic heterocycles. The highest BCUT2D eigenvalue weighted by Crippen LogP contribution is 2.29. The molecule has 2 nitrogen and oxygen atoms in total. The number of rotatable bonds is 6. The van der Waals surface area contributed by atoms with Crippen molar-refractivity contribution in [3.63, 3.8) is 0 Å². The maximum Gasteiger partial charge on any atom is 0.164 e. The minimum atomic E-state index is 0.322. The third kappa shape index (κ3) is 3.49. The van der Waals surface area contributed by atoms with Crippen LogP contribution in [0.15, 0.2) is 12.3 Å². The summed E-state index contributed by atoms with van der Waals surface area (Å²) in [6, 6.07) is 2.03. The Balaban J connectivity index is 2.05. The number of carbonyl (C=O) groups excluding carboxylic acids is 1. The van der Waals surface area contributed by atoms with E-state index in [4.69, 9.17) is 0 Å². The number of unbranched alkanes of at least 4 members (excludes halogenated alkanes) is 2. The summed E-state index contributed by atoms with van der Waals surface area (Å²) in [6.45, 7) is 7.99. The lowest BCUT2D eigenvalue weighted by molar-refractivity contribution is 0.0971. The molecule has 1 heterocycles. The largest absolute Gasteiger partial charge is 0.350 e. The van der Waals surface area contributed by atoms with Crippen LogP contribution in [0.2, 0.25) is 0 Å². The van der Waals surface area contributed by atoms with E-state index >= 15 is 0 Å². The van der Waals surface area contributed by atoms with Gasteiger partial charge in [-0.3, -0.25) is 4.79 Å². The molecule has 106 valence electrons. The van der Waals surface area contributed by atoms with Crippen molar-refractivity contribution in [2.45, 2.75) is 72.3 Å². The lowest BCUT2D eigenvalue weighted by atomic mass is 9.86. The molecular formula is C17H27NO. The first-order chi connectivity index (χ1) is 9.03. The van der Waals surface area contributed by atoms with Crippen molar-refractivity contribution in [3.05, 3.63) is 23.5 Å². The SMILES string of the molecule is CCCCCC(C)(C)Cn1ccc2c1CCCC2=O. The van der Waals surface area contributed by atoms with E-state index in [2.05, 4.69) is 31.5 Å². The van der Waals surface area contributed by atoms with Crippen molar-refractivity contribution in [1.82, 2.24) is 4.57 Å². The minimum absolute atomic E-state index is 0.322. The summed E-state index contributed by atoms with van der Waals surface area (Å²) < 4.78 is 2.33. The normalized spacial score (nSPS) is 15.6. The van der Waals surface area contributed by atoms with Gasteiger partial charge < -0.3 is 4.57 Å². The van der Waals surface area contributed by atoms with E-state index in [1.807, 2.05) is 6.07 Å². The Kier molecular flexibility index (Phi) is 4.49. The van der Waals surface area contributed by atoms with Crippen LogP contribution in [0, 0.1) is 5.41 Å². The van der Waals surface area contributed by atoms with Crippen LogP contribution < -0.4 is 0 Å². The van der Waals surface area contributed by atoms with Crippen LogP contribution in [0.25, 0.3) is 0 Å². The minimum Gasteiger partial charge on any atom is -0.350 e. The van der Waals surface area contributed by atoms with Gasteiger partial charge in [-0.15, -0.1) is 0 Å². The van der Waals surface area contributed by atoms with E-state index in [1.54, 1.807) is 0 Å². The lowest BCUT2D eigenvalue weighted by Crippen LogP contribution is -2.22. The fourth-order valence-corrected chi connectivity index (χ4v) is 3.13. The van der Waals surface area contributed by atoms with E-state index in [9.17, 15) is 4.79 Å². The van der Waals surface area contributed by atoms with Crippen molar-refractivity contribution in [3.8, 4) is 0 Å². The first kappa shape index (κ1) is 14.4. The lowest BCUT2D eigenvalue weighted by Gasteiger charge is -2.27. The van der Waals surface area contributed by atoms with Crippen molar-refractivity contribution in [2.24, 2.45) is 5.41 Å². The number of fused-ring (bicyclic) bond motifs is 1. The molecule has 2 rings (SSSR count). The van der Waals surface area contributed by atoms with Crippen LogP contribution in [0.3, 0.4) is 0 Å². The average Bonchev–Trinajstić information content (AvgIpc) is 2.74. The number of nitrogens with zero attached hydrogens (tertiary/aromatic N) is 1. The third-order valence-electron chi connectivity index (χ3n) is 4.25. The summed E-state index contributed by atoms with van der Waals surface area (Å²) in [5.74, 6) is 0.337. The molecule has 0 fully saturated rings. The predicted octanol–water partition coefficient (Wildman–Crippen LogP) is 4.61. The van der Waals surface area contributed by atoms with Crippen LogP contribution in [0.4, 0.5) is 0 Å². The van der Waals surface area contributed by atoms with E-state index in [1.165, 1.54) is 31.4 Å². The molecule has 1 aliphatic carbocycles. The Morgan fingerprint density at radius 1 is 1.26 bits per heavy atom. The van der Waals surface area contributed by atoms with Gasteiger partial charge in [0.05, 0.1) is 0 Å². The fourth-order valence-electron chi connectivity index (χ4n) is 3.13. The molecule has 0 radical (unpaired) electrons. The zero-order chi connectivity index (χ0) is 13.9. The number of hydrogen-bond acceptors (Lipinski definition) is 1. The second-order valence-corrected chi connectivity index (χ2v) is 6.70. The monoisotopic (exact) mass is 261 g/mol. The molecule has 0 atom stereocenters. The predicted molar refractivity (Wildman–Crippen MR) is 79.6 cm³/mol. The zero-order valence-electron chi connectivity index (χ0n) is 12.7. The molecule has 1 aromatic rings. The van der Waals surface area contributed by atoms with Crippen LogP contribution >= 0.6 is 0 Å². The maximum atomic E-state index is 11.9. The molecule has 19 heavy (non-hydrogen) atoms. The summed E-state index contributed by atoms with van der Waals surface area (Å²) >= 11 is 0. The van der Waals surface area contributed by atoms with E-state index < -0.39 is 0 Å². The van der Waals surface area contributed by atoms with Crippen molar-refractivity contribution >= 4 is 5.78 Å². The Labute approximate surface area is 117 Å². The van der Waals surface area contributed by atoms with Gasteiger partial charge in [0.2, 0.25) is 0 Å². The Morgan fingerprint density at radius 2 is 2.05 bits per heavy atom. The van der Waals surface area contributed by atoms with Crippen LogP contribution in [0.1, 0.15) is 75.3 Å². The molecule has 0 bridgehead atoms. The van der Waals surface area contributed by atoms with Gasteiger partial charge in [-0.05, 0) is 30.7 Å². The second kappa shape index (κ2) is 5.94. The van der Waals surface area contributed by atoms with Gasteiger partial charge in [0.15, 0.2) is 5.78 Å². The molecule has 0 spiro atoms. The highest BCUT2D eigenvalue weighted by atomic mass is 16.1. The van der Waals surface area contributed by atoms with Crippen LogP contribution in [-0.4, -0.2) is 10.4 Å². The molecule has 1 aliphatic rings. The Bertz CT molecular complexity index is 442. The first-order valence-corrected chi connectivity index (χ1v) is 7.75. The van der Waals surface area contributed by atoms with Crippen molar-refractivity contribution in [2.75, 3.05) is 0 Å². The first-order valence-electron chi connectivity index (χ1n) is 7.75. The van der Waals surface area contributed by atoms with Crippen LogP contribution in [0.5, 0.6) is 0 Å². The quantitative estimate of drug-likeness (QED) is 0.685. The van der Waals surface area contributed by atoms with Crippen LogP contribution in [-0.2, 0) is 13.0 Å². The summed E-state index contributed by atoms with van der Waals surface area (Å²) in [6.07, 6.45) is 10.1. The van der Waals surface area contributed by atoms with E-state index in [0.29, 0.717) is 11.2 Å². The second-order valence-electron chi connectivity index (χ2n) is 6.70. The third-order valence-corrected chi connectivity index (χ3v) is 4.25. The van der Waals surface area contributed by atoms with Gasteiger partial charge in [-0.2, -0.15) is 0 Å². The summed E-state index contributed by atoms with van der Waals surface area (Å²) in [5, 5.41) is 0. The Morgan fingerprint density at radius 3 is 2.79 bits per heavy atom. The highest BCUT2D eigenvalue weighted by Gasteiger charge is 2.24. The van der Waals surface area contributed by atoms with Gasteiger partial charge >= 0.3 is 0 Å². The molecule has 0 saturated heterocycles. The van der Waals surface area contributed by atoms with Gasteiger partial charge in [0.25, 0.3) is 0 Å². The zero-order valence-corrected chi connectivity index (χ0v) is 12.7. The number of carbonyl (C=O) groups is 1. The van der Waals surface area contributed by atoms with Gasteiger partial charge in [-0.1, -0.05) is 40.0 Å². The number of Topliss-reactive ketones (excluding diaryl/α,β-unsaturated/α-hetero) is 1. The number of hydrogen-bond donors (Lipinski definition) is 0. The summed E-state index contributed by atoms with van der Waals surface area (Å²) in [7, 11) is 0. The van der Waals surface area contributed by atoms with E-state index in [0.717, 1.165) is 31.4 Å². The van der Waals surface area contributed by atoms with E-state index in [-0.39, 0.29) is 0 Å². The molecule has 0 unspecified atom stereocenters. The van der Waals surface area contributed by atoms with Gasteiger partial charge in [-0.25, -0.2) is 0 Å². The summed E-state index contributed by atoms with van der Waals surface area (Å²) in [5.41, 5.74) is 2.58. The number of ketones is 1. The molecule has 0 saturated carbocycles. The van der Waals surface area contributed by atoms with Gasteiger partial charge in [0.1, 0.15) is 0 Å². The topological polar surface area (TPSA) is 22.0 Å². The standard InChI is InChI=1S/C17H27NO/c1-4-5-6-11-17(2,3)13-18-12-10-14-15(18)8-7-9-16(14)19/h10,12H,4-9,11,13H2,1-3H3. The smallest absolute Gasteiger partial charge is 0.164 e. The molecule has 0 aromatic carbocycles. The molecule has 0 amide bonds. The molecule has 0 N–H and O–H groups in total. The van der Waals surface area contributed by atoms with Crippen molar-refractivity contribution in [1.29, 1.82) is 0 Å². The fraction of sp³-hybridized carbons (Fsp3) is 0.706. The van der Waals surface area contributed by atoms with Gasteiger partial charge in [0, 0.05) is 30.4 Å². The number of aromatic nitrogens is 1. The van der Waals surface area contributed by atoms with Crippen molar-refractivity contribution < 1.29 is 4.79 Å². The summed E-state index contributed by atoms with van der Waals surface area (Å²) in [4.78, 5) is 11.9. The molecule has 1 aromatic heterocycles. The average molecular weight is 261 g/mol.